The second-order valence-electron chi connectivity index (χ2n) is 38.7. The number of methoxy groups -OCH3 is 8. The Bertz CT molecular complexity index is 7030. The highest BCUT2D eigenvalue weighted by Crippen LogP contribution is 2.53. The Morgan fingerprint density at radius 1 is 0.333 bits per heavy atom. The number of pyridine rings is 4. The SMILES string of the molecule is C=CC(=O)C[C@H]1COC[C@H]1Nc1ncc2cc(-c3c(Cl)c(OC)cc(OC)c3Cl)nc(C3CC3)c2n1.C=CC(=O)C[C@H]1COC[C@H]1Nc1ncc2cc(-c3c(Cl)c(OC)cc(OC)c3Cl)nc(CC(C)(C)C)c2n1.C=CC(=O)C[C@H]1COC[C@H]1Nc1ncc2cc(-c3c(Cl)c(OC)cc(OC)c3Cl)nc(CC3CC3)c2n1.C=CC(=O)C[C@H]1COC[C@H]1Nc1ncc2cc(-c3c(Cl)c(OC)cc(OC)c3Cl)nc(CC3CCOC3)c2n1. The predicted molar refractivity (Wildman–Crippen MR) is 584 cm³/mol. The van der Waals surface area contributed by atoms with Gasteiger partial charge in [-0.05, 0) is 117 Å². The van der Waals surface area contributed by atoms with E-state index in [9.17, 15) is 19.2 Å². The molecule has 4 N–H and O–H groups in total. The standard InChI is InChI=1S/C28H30Cl2N4O5.C28H32Cl2N4O4.C27H28Cl2N4O4.C26H26Cl2N4O4/c1-4-18(35)8-17-13-39-14-21(17)33-28-31-11-16-9-19(24-25(29)22(36-2)10-23(37-3)26(24)30)32-20(27(16)34-28)7-15-5-6-38-12-15;1-7-17(35)8-16-13-38-14-20(16)33-27-31-12-15-9-18(32-19(26(15)34-27)11-28(2,3)4)23-24(29)21(36-5)10-22(37-6)25(23)30;1-4-17(34)8-16-12-37-13-20(16)32-27-30-11-15-9-18(31-19(26(15)33-27)7-14-5-6-14)23-24(28)21(35-2)10-22(36-3)25(23)29;1-4-16(33)7-15-11-36-12-18(15)31-26-29-10-14-8-17(30-24(13-5-6-13)25(14)32-26)21-22(27)19(34-2)9-20(35-3)23(21)28/h4,9-11,15,17,21H,1,5-8,12-14H2,2-3H3,(H,31,33,34);7,9-10,12,16,20H,1,8,11,13-14H2,2-6H3,(H,31,33,34);4,9-11,14,16,20H,1,5-8,12-13H2,2-3H3,(H,30,32,33);4,8-10,13,15,18H,1,5-7,11-12H2,2-3H3,(H,29,31,32)/t15?,17-,21+;2*16-,20+;15-,18+/m0000/s1. The number of nitrogens with one attached hydrogen (secondary N) is 4. The third kappa shape index (κ3) is 25.9. The number of benzene rings is 4. The van der Waals surface area contributed by atoms with Crippen LogP contribution < -0.4 is 59.2 Å². The van der Waals surface area contributed by atoms with Gasteiger partial charge in [0.05, 0.1) is 242 Å². The third-order valence-corrected chi connectivity index (χ3v) is 30.0. The lowest BCUT2D eigenvalue weighted by molar-refractivity contribution is -0.116. The smallest absolute Gasteiger partial charge is 0.223 e. The molecule has 19 rings (SSSR count). The number of fused-ring (bicyclic) bond motifs is 4. The fraction of sp³-hybridized carbons (Fsp3) is 0.413. The van der Waals surface area contributed by atoms with E-state index >= 15 is 0 Å². The van der Waals surface area contributed by atoms with Crippen LogP contribution >= 0.6 is 92.8 Å². The van der Waals surface area contributed by atoms with E-state index in [1.807, 2.05) is 24.3 Å². The summed E-state index contributed by atoms with van der Waals surface area (Å²) < 4.78 is 71.7. The highest BCUT2D eigenvalue weighted by molar-refractivity contribution is 6.43. The zero-order valence-corrected chi connectivity index (χ0v) is 90.9. The van der Waals surface area contributed by atoms with Crippen molar-refractivity contribution >= 4 is 183 Å². The van der Waals surface area contributed by atoms with Crippen LogP contribution in [0.25, 0.3) is 88.6 Å². The monoisotopic (exact) mass is 2200 g/mol. The Hall–Kier alpha value is -11.8. The van der Waals surface area contributed by atoms with Crippen LogP contribution in [0.15, 0.2) is 124 Å². The number of nitrogens with zero attached hydrogens (tertiary/aromatic N) is 12. The minimum atomic E-state index is -0.0906. The topological polar surface area (TPSA) is 391 Å². The van der Waals surface area contributed by atoms with Crippen molar-refractivity contribution in [2.75, 3.05) is 144 Å². The van der Waals surface area contributed by atoms with Gasteiger partial charge in [-0.2, -0.15) is 0 Å². The molecule has 41 heteroatoms. The maximum absolute atomic E-state index is 11.9. The number of allylic oxidation sites excluding steroid dienone is 4. The third-order valence-electron chi connectivity index (χ3n) is 27.0. The number of hydrogen-bond donors (Lipinski definition) is 4. The highest BCUT2D eigenvalue weighted by Gasteiger charge is 2.39. The van der Waals surface area contributed by atoms with E-state index in [1.54, 1.807) is 63.3 Å². The molecule has 2 aliphatic carbocycles. The number of ether oxygens (including phenoxy) is 13. The van der Waals surface area contributed by atoms with E-state index in [1.165, 1.54) is 67.0 Å². The number of anilines is 4. The first-order chi connectivity index (χ1) is 72.3. The van der Waals surface area contributed by atoms with Gasteiger partial charge in [-0.1, -0.05) is 140 Å². The molecule has 0 amide bonds. The summed E-state index contributed by atoms with van der Waals surface area (Å²) in [4.78, 5) is 105. The van der Waals surface area contributed by atoms with E-state index in [0.29, 0.717) is 271 Å². The normalized spacial score (nSPS) is 19.2. The molecule has 9 atom stereocenters. The van der Waals surface area contributed by atoms with Gasteiger partial charge in [0.2, 0.25) is 23.8 Å². The van der Waals surface area contributed by atoms with Crippen LogP contribution in [0.5, 0.6) is 46.0 Å². The molecule has 0 bridgehead atoms. The van der Waals surface area contributed by atoms with Crippen LogP contribution in [0.4, 0.5) is 23.8 Å². The molecule has 7 fully saturated rings. The van der Waals surface area contributed by atoms with Gasteiger partial charge in [0.1, 0.15) is 46.0 Å². The second-order valence-corrected chi connectivity index (χ2v) is 41.7. The van der Waals surface area contributed by atoms with E-state index in [0.717, 1.165) is 112 Å². The predicted octanol–water partition coefficient (Wildman–Crippen LogP) is 22.3. The molecule has 2 saturated carbocycles. The van der Waals surface area contributed by atoms with Crippen LogP contribution in [-0.4, -0.2) is 230 Å². The van der Waals surface area contributed by atoms with Crippen molar-refractivity contribution in [1.82, 2.24) is 59.8 Å². The molecule has 4 aromatic carbocycles. The molecule has 5 aliphatic heterocycles. The number of ketones is 4. The second kappa shape index (κ2) is 49.7. The molecule has 150 heavy (non-hydrogen) atoms. The van der Waals surface area contributed by atoms with Gasteiger partial charge >= 0.3 is 0 Å². The molecule has 12 aromatic rings. The van der Waals surface area contributed by atoms with Gasteiger partial charge in [0, 0.05) is 161 Å². The highest BCUT2D eigenvalue weighted by atomic mass is 35.5. The molecule has 1 unspecified atom stereocenters. The molecule has 5 saturated heterocycles. The molecule has 33 nitrogen and oxygen atoms in total. The molecule has 7 aliphatic rings. The summed E-state index contributed by atoms with van der Waals surface area (Å²) in [5.41, 5.74) is 10.7. The quantitative estimate of drug-likeness (QED) is 0.0261. The number of aromatic nitrogens is 12. The Morgan fingerprint density at radius 2 is 0.600 bits per heavy atom. The van der Waals surface area contributed by atoms with Gasteiger partial charge in [0.15, 0.2) is 23.1 Å². The summed E-state index contributed by atoms with van der Waals surface area (Å²) >= 11 is 53.6. The maximum Gasteiger partial charge on any atom is 0.223 e. The summed E-state index contributed by atoms with van der Waals surface area (Å²) in [6, 6.07) is 13.8. The molecule has 8 aromatic heterocycles. The van der Waals surface area contributed by atoms with Crippen LogP contribution in [0.2, 0.25) is 40.2 Å². The Kier molecular flexibility index (Phi) is 36.8. The summed E-state index contributed by atoms with van der Waals surface area (Å²) in [6.07, 6.45) is 21.3. The van der Waals surface area contributed by atoms with Gasteiger partial charge in [0.25, 0.3) is 0 Å². The van der Waals surface area contributed by atoms with Crippen molar-refractivity contribution in [2.24, 2.45) is 40.9 Å². The molecule has 790 valence electrons. The van der Waals surface area contributed by atoms with E-state index < -0.39 is 0 Å². The zero-order chi connectivity index (χ0) is 107. The van der Waals surface area contributed by atoms with Crippen LogP contribution in [0, 0.1) is 40.9 Å². The van der Waals surface area contributed by atoms with Crippen LogP contribution in [0.3, 0.4) is 0 Å². The maximum atomic E-state index is 11.9. The van der Waals surface area contributed by atoms with E-state index in [-0.39, 0.29) is 76.4 Å². The number of rotatable bonds is 38. The van der Waals surface area contributed by atoms with Crippen LogP contribution in [0.1, 0.15) is 107 Å². The molecule has 0 radical (unpaired) electrons. The molecular weight excluding hydrogens is 2090 g/mol. The molecule has 0 spiro atoms. The Balaban J connectivity index is 0.000000142. The van der Waals surface area contributed by atoms with E-state index in [2.05, 4.69) is 88.3 Å². The fourth-order valence-corrected chi connectivity index (χ4v) is 21.4. The average Bonchev–Trinajstić information content (AvgIpc) is 1.66. The average molecular weight is 2210 g/mol. The van der Waals surface area contributed by atoms with Crippen molar-refractivity contribution < 1.29 is 80.8 Å². The Labute approximate surface area is 908 Å². The van der Waals surface area contributed by atoms with Crippen molar-refractivity contribution in [3.63, 3.8) is 0 Å². The van der Waals surface area contributed by atoms with Crippen molar-refractivity contribution in [3.8, 4) is 91.0 Å². The van der Waals surface area contributed by atoms with Gasteiger partial charge in [-0.3, -0.25) is 39.1 Å². The number of carbonyl (C=O) groups excluding carboxylic acids is 4. The molecular formula is C109H116Cl8N16O17. The first-order valence-electron chi connectivity index (χ1n) is 49.0. The van der Waals surface area contributed by atoms with E-state index in [4.69, 9.17) is 194 Å². The fourth-order valence-electron chi connectivity index (χ4n) is 18.6. The minimum Gasteiger partial charge on any atom is -0.495 e. The van der Waals surface area contributed by atoms with Crippen molar-refractivity contribution in [1.29, 1.82) is 0 Å². The largest absolute Gasteiger partial charge is 0.495 e. The first kappa shape index (κ1) is 111. The first-order valence-corrected chi connectivity index (χ1v) is 52.0. The van der Waals surface area contributed by atoms with Gasteiger partial charge in [-0.15, -0.1) is 0 Å². The summed E-state index contributed by atoms with van der Waals surface area (Å²) in [5, 5.41) is 19.5. The molecule has 13 heterocycles. The summed E-state index contributed by atoms with van der Waals surface area (Å²) in [6.45, 7) is 26.0. The van der Waals surface area contributed by atoms with Gasteiger partial charge in [-0.25, -0.2) is 39.9 Å². The lowest BCUT2D eigenvalue weighted by atomic mass is 9.89. The number of halogens is 8. The lowest BCUT2D eigenvalue weighted by Gasteiger charge is -2.21. The zero-order valence-electron chi connectivity index (χ0n) is 84.8. The number of carbonyl (C=O) groups is 4. The number of hydrogen-bond acceptors (Lipinski definition) is 33. The van der Waals surface area contributed by atoms with Crippen molar-refractivity contribution in [2.45, 2.75) is 128 Å². The van der Waals surface area contributed by atoms with Crippen molar-refractivity contribution in [3.05, 3.63) is 187 Å². The lowest BCUT2D eigenvalue weighted by Crippen LogP contribution is -2.30. The summed E-state index contributed by atoms with van der Waals surface area (Å²) in [5.74, 6) is 6.61. The van der Waals surface area contributed by atoms with Gasteiger partial charge < -0.3 is 82.8 Å². The van der Waals surface area contributed by atoms with Crippen LogP contribution in [-0.2, 0) is 62.1 Å². The minimum absolute atomic E-state index is 0.00308. The Morgan fingerprint density at radius 3 is 0.860 bits per heavy atom. The summed E-state index contributed by atoms with van der Waals surface area (Å²) in [7, 11) is 12.3.